The number of benzene rings is 1. The Morgan fingerprint density at radius 3 is 2.59 bits per heavy atom. The Balaban J connectivity index is 2.27. The molecular weight excluding hydrogens is 210 g/mol. The third-order valence-electron chi connectivity index (χ3n) is 3.03. The molecule has 0 saturated carbocycles. The Labute approximate surface area is 103 Å². The molecule has 17 heavy (non-hydrogen) atoms. The van der Waals surface area contributed by atoms with Crippen LogP contribution in [0.2, 0.25) is 0 Å². The number of hydrogen-bond donors (Lipinski definition) is 1. The lowest BCUT2D eigenvalue weighted by atomic mass is 10.1. The monoisotopic (exact) mass is 229 g/mol. The predicted molar refractivity (Wildman–Crippen MR) is 71.0 cm³/mol. The van der Waals surface area contributed by atoms with Crippen molar-refractivity contribution >= 4 is 0 Å². The van der Waals surface area contributed by atoms with E-state index in [0.717, 1.165) is 18.8 Å². The Kier molecular flexibility index (Phi) is 3.59. The molecule has 0 aliphatic rings. The minimum absolute atomic E-state index is 0.979. The zero-order valence-corrected chi connectivity index (χ0v) is 10.7. The number of nitrogens with one attached hydrogen (secondary N) is 1. The van der Waals surface area contributed by atoms with Gasteiger partial charge in [0.15, 0.2) is 0 Å². The summed E-state index contributed by atoms with van der Waals surface area (Å²) in [5.74, 6) is 1.04. The number of aryl methyl sites for hydroxylation is 1. The molecule has 90 valence electrons. The SMILES string of the molecule is CNCCc1cnc(-c2ccc(C)cc2)n1C. The van der Waals surface area contributed by atoms with Gasteiger partial charge in [0, 0.05) is 37.5 Å². The van der Waals surface area contributed by atoms with Crippen LogP contribution >= 0.6 is 0 Å². The Morgan fingerprint density at radius 1 is 1.24 bits per heavy atom. The summed E-state index contributed by atoms with van der Waals surface area (Å²) in [5.41, 5.74) is 3.71. The quantitative estimate of drug-likeness (QED) is 0.870. The van der Waals surface area contributed by atoms with Crippen LogP contribution in [0.5, 0.6) is 0 Å². The second-order valence-electron chi connectivity index (χ2n) is 4.35. The highest BCUT2D eigenvalue weighted by Crippen LogP contribution is 2.19. The van der Waals surface area contributed by atoms with Gasteiger partial charge in [-0.05, 0) is 14.0 Å². The van der Waals surface area contributed by atoms with E-state index in [1.54, 1.807) is 0 Å². The van der Waals surface area contributed by atoms with E-state index in [2.05, 4.69) is 53.1 Å². The van der Waals surface area contributed by atoms with Crippen molar-refractivity contribution in [1.82, 2.24) is 14.9 Å². The van der Waals surface area contributed by atoms with Gasteiger partial charge in [0.05, 0.1) is 0 Å². The summed E-state index contributed by atoms with van der Waals surface area (Å²) in [4.78, 5) is 4.50. The summed E-state index contributed by atoms with van der Waals surface area (Å²) in [6.07, 6.45) is 2.97. The summed E-state index contributed by atoms with van der Waals surface area (Å²) in [5, 5.41) is 3.16. The smallest absolute Gasteiger partial charge is 0.139 e. The fourth-order valence-corrected chi connectivity index (χ4v) is 1.90. The molecule has 0 atom stereocenters. The Hall–Kier alpha value is -1.61. The highest BCUT2D eigenvalue weighted by molar-refractivity contribution is 5.56. The van der Waals surface area contributed by atoms with Crippen LogP contribution in [-0.4, -0.2) is 23.1 Å². The Bertz CT molecular complexity index is 483. The largest absolute Gasteiger partial charge is 0.331 e. The van der Waals surface area contributed by atoms with E-state index in [1.807, 2.05) is 13.2 Å². The molecule has 0 fully saturated rings. The molecule has 1 N–H and O–H groups in total. The first kappa shape index (κ1) is 11.9. The molecule has 0 spiro atoms. The molecule has 1 heterocycles. The van der Waals surface area contributed by atoms with Gasteiger partial charge in [-0.15, -0.1) is 0 Å². The number of aromatic nitrogens is 2. The van der Waals surface area contributed by atoms with E-state index >= 15 is 0 Å². The molecule has 2 aromatic rings. The maximum Gasteiger partial charge on any atom is 0.139 e. The highest BCUT2D eigenvalue weighted by atomic mass is 15.1. The van der Waals surface area contributed by atoms with E-state index in [4.69, 9.17) is 0 Å². The van der Waals surface area contributed by atoms with Gasteiger partial charge in [-0.2, -0.15) is 0 Å². The van der Waals surface area contributed by atoms with Crippen molar-refractivity contribution in [1.29, 1.82) is 0 Å². The second kappa shape index (κ2) is 5.15. The summed E-state index contributed by atoms with van der Waals surface area (Å²) in [6, 6.07) is 8.49. The molecule has 3 nitrogen and oxygen atoms in total. The summed E-state index contributed by atoms with van der Waals surface area (Å²) in [6.45, 7) is 3.08. The summed E-state index contributed by atoms with van der Waals surface area (Å²) >= 11 is 0. The maximum absolute atomic E-state index is 4.50. The summed E-state index contributed by atoms with van der Waals surface area (Å²) < 4.78 is 2.17. The van der Waals surface area contributed by atoms with Gasteiger partial charge in [-0.25, -0.2) is 4.98 Å². The van der Waals surface area contributed by atoms with E-state index in [0.29, 0.717) is 0 Å². The first-order valence-corrected chi connectivity index (χ1v) is 5.94. The van der Waals surface area contributed by atoms with E-state index in [9.17, 15) is 0 Å². The molecule has 2 rings (SSSR count). The van der Waals surface area contributed by atoms with E-state index < -0.39 is 0 Å². The minimum atomic E-state index is 0.979. The summed E-state index contributed by atoms with van der Waals surface area (Å²) in [7, 11) is 4.05. The molecule has 1 aromatic carbocycles. The molecule has 0 aliphatic carbocycles. The molecule has 0 amide bonds. The van der Waals surface area contributed by atoms with Crippen LogP contribution in [0.3, 0.4) is 0 Å². The van der Waals surface area contributed by atoms with E-state index in [1.165, 1.54) is 16.8 Å². The molecule has 0 radical (unpaired) electrons. The fraction of sp³-hybridized carbons (Fsp3) is 0.357. The molecule has 0 aliphatic heterocycles. The van der Waals surface area contributed by atoms with Crippen LogP contribution in [0.4, 0.5) is 0 Å². The lowest BCUT2D eigenvalue weighted by Gasteiger charge is -2.06. The zero-order valence-electron chi connectivity index (χ0n) is 10.7. The number of rotatable bonds is 4. The average Bonchev–Trinajstić information content (AvgIpc) is 2.69. The first-order chi connectivity index (χ1) is 8.22. The molecule has 0 unspecified atom stereocenters. The van der Waals surface area contributed by atoms with Crippen molar-refractivity contribution in [3.8, 4) is 11.4 Å². The minimum Gasteiger partial charge on any atom is -0.331 e. The van der Waals surface area contributed by atoms with Gasteiger partial charge in [-0.3, -0.25) is 0 Å². The van der Waals surface area contributed by atoms with Gasteiger partial charge in [0.2, 0.25) is 0 Å². The van der Waals surface area contributed by atoms with Gasteiger partial charge < -0.3 is 9.88 Å². The predicted octanol–water partition coefficient (Wildman–Crippen LogP) is 2.16. The number of hydrogen-bond acceptors (Lipinski definition) is 2. The third-order valence-corrected chi connectivity index (χ3v) is 3.03. The van der Waals surface area contributed by atoms with Crippen molar-refractivity contribution in [3.63, 3.8) is 0 Å². The first-order valence-electron chi connectivity index (χ1n) is 5.94. The molecule has 1 aromatic heterocycles. The zero-order chi connectivity index (χ0) is 12.3. The van der Waals surface area contributed by atoms with Crippen molar-refractivity contribution < 1.29 is 0 Å². The van der Waals surface area contributed by atoms with Crippen LogP contribution in [0, 0.1) is 6.92 Å². The van der Waals surface area contributed by atoms with Gasteiger partial charge in [-0.1, -0.05) is 29.8 Å². The van der Waals surface area contributed by atoms with Crippen LogP contribution < -0.4 is 5.32 Å². The third kappa shape index (κ3) is 2.56. The van der Waals surface area contributed by atoms with Crippen molar-refractivity contribution in [3.05, 3.63) is 41.7 Å². The molecular formula is C14H19N3. The van der Waals surface area contributed by atoms with Crippen molar-refractivity contribution in [2.24, 2.45) is 7.05 Å². The van der Waals surface area contributed by atoms with Gasteiger partial charge in [0.1, 0.15) is 5.82 Å². The van der Waals surface area contributed by atoms with Gasteiger partial charge >= 0.3 is 0 Å². The fourth-order valence-electron chi connectivity index (χ4n) is 1.90. The van der Waals surface area contributed by atoms with Crippen LogP contribution in [0.1, 0.15) is 11.3 Å². The Morgan fingerprint density at radius 2 is 1.94 bits per heavy atom. The molecule has 0 bridgehead atoms. The second-order valence-corrected chi connectivity index (χ2v) is 4.35. The maximum atomic E-state index is 4.50. The average molecular weight is 229 g/mol. The lowest BCUT2D eigenvalue weighted by Crippen LogP contribution is -2.12. The van der Waals surface area contributed by atoms with Crippen LogP contribution in [-0.2, 0) is 13.5 Å². The number of imidazole rings is 1. The lowest BCUT2D eigenvalue weighted by molar-refractivity contribution is 0.740. The normalized spacial score (nSPS) is 10.8. The van der Waals surface area contributed by atoms with Crippen LogP contribution in [0.25, 0.3) is 11.4 Å². The molecule has 0 saturated heterocycles. The highest BCUT2D eigenvalue weighted by Gasteiger charge is 2.07. The molecule has 3 heteroatoms. The van der Waals surface area contributed by atoms with Crippen molar-refractivity contribution in [2.75, 3.05) is 13.6 Å². The van der Waals surface area contributed by atoms with Gasteiger partial charge in [0.25, 0.3) is 0 Å². The number of nitrogens with zero attached hydrogens (tertiary/aromatic N) is 2. The number of likely N-dealkylation sites (N-methyl/N-ethyl adjacent to an activating group) is 1. The van der Waals surface area contributed by atoms with Crippen molar-refractivity contribution in [2.45, 2.75) is 13.3 Å². The standard InChI is InChI=1S/C14H19N3/c1-11-4-6-12(7-5-11)14-16-10-13(17(14)3)8-9-15-2/h4-7,10,15H,8-9H2,1-3H3. The van der Waals surface area contributed by atoms with E-state index in [-0.39, 0.29) is 0 Å². The topological polar surface area (TPSA) is 29.9 Å². The van der Waals surface area contributed by atoms with Crippen LogP contribution in [0.15, 0.2) is 30.5 Å².